The van der Waals surface area contributed by atoms with Crippen molar-refractivity contribution in [3.63, 3.8) is 0 Å². The number of hydrogen-bond donors (Lipinski definition) is 0. The summed E-state index contributed by atoms with van der Waals surface area (Å²) in [7, 11) is 1.69. The number of hydrogen-bond acceptors (Lipinski definition) is 5. The van der Waals surface area contributed by atoms with Gasteiger partial charge in [-0.25, -0.2) is 0 Å². The van der Waals surface area contributed by atoms with Gasteiger partial charge in [0.2, 0.25) is 0 Å². The third-order valence-corrected chi connectivity index (χ3v) is 5.48. The number of carbonyl (C=O) groups is 1. The van der Waals surface area contributed by atoms with E-state index in [1.165, 1.54) is 24.0 Å². The molecule has 0 spiro atoms. The summed E-state index contributed by atoms with van der Waals surface area (Å²) in [6.45, 7) is 1.59. The lowest BCUT2D eigenvalue weighted by Crippen LogP contribution is -2.43. The number of benzene rings is 1. The zero-order valence-corrected chi connectivity index (χ0v) is 15.8. The van der Waals surface area contributed by atoms with E-state index >= 15 is 0 Å². The fourth-order valence-electron chi connectivity index (χ4n) is 3.91. The summed E-state index contributed by atoms with van der Waals surface area (Å²) in [5.74, 6) is 1.27. The van der Waals surface area contributed by atoms with Crippen LogP contribution in [0.25, 0.3) is 0 Å². The second-order valence-electron chi connectivity index (χ2n) is 7.36. The van der Waals surface area contributed by atoms with Gasteiger partial charge >= 0.3 is 0 Å². The molecule has 0 saturated carbocycles. The molecule has 27 heavy (non-hydrogen) atoms. The van der Waals surface area contributed by atoms with Crippen LogP contribution in [0.15, 0.2) is 28.8 Å². The van der Waals surface area contributed by atoms with Gasteiger partial charge < -0.3 is 18.9 Å². The molecular formula is C21H26N2O4. The summed E-state index contributed by atoms with van der Waals surface area (Å²) >= 11 is 0. The van der Waals surface area contributed by atoms with Gasteiger partial charge in [-0.2, -0.15) is 0 Å². The number of methoxy groups -OCH3 is 1. The standard InChI is InChI=1S/C21H26N2O4/c1-25-18-7-4-10-23(13-18)21(24)20-12-19(27-22-20)14-26-17-9-8-15-5-2-3-6-16(15)11-17/h8-9,11-12,18H,2-7,10,13-14H2,1H3/t18-/m0/s1. The molecule has 6 heteroatoms. The molecule has 1 aromatic carbocycles. The van der Waals surface area contributed by atoms with Gasteiger partial charge in [0.1, 0.15) is 12.4 Å². The number of carbonyl (C=O) groups excluding carboxylic acids is 1. The van der Waals surface area contributed by atoms with Crippen molar-refractivity contribution in [2.75, 3.05) is 20.2 Å². The number of amides is 1. The van der Waals surface area contributed by atoms with Crippen molar-refractivity contribution < 1.29 is 18.8 Å². The van der Waals surface area contributed by atoms with Crippen LogP contribution < -0.4 is 4.74 Å². The summed E-state index contributed by atoms with van der Waals surface area (Å²) in [4.78, 5) is 14.4. The Labute approximate surface area is 159 Å². The van der Waals surface area contributed by atoms with Crippen molar-refractivity contribution in [3.8, 4) is 5.75 Å². The summed E-state index contributed by atoms with van der Waals surface area (Å²) < 4.78 is 16.5. The molecule has 2 aromatic rings. The second-order valence-corrected chi connectivity index (χ2v) is 7.36. The van der Waals surface area contributed by atoms with Crippen LogP contribution in [0.4, 0.5) is 0 Å². The minimum Gasteiger partial charge on any atom is -0.486 e. The molecule has 1 atom stereocenters. The number of piperidine rings is 1. The van der Waals surface area contributed by atoms with Crippen LogP contribution in [0.1, 0.15) is 53.1 Å². The van der Waals surface area contributed by atoms with Crippen molar-refractivity contribution in [3.05, 3.63) is 46.8 Å². The first-order valence-corrected chi connectivity index (χ1v) is 9.75. The minimum atomic E-state index is -0.111. The Morgan fingerprint density at radius 2 is 2.07 bits per heavy atom. The Hall–Kier alpha value is -2.34. The van der Waals surface area contributed by atoms with Crippen LogP contribution in [0.5, 0.6) is 5.75 Å². The summed E-state index contributed by atoms with van der Waals surface area (Å²) in [5, 5.41) is 3.94. The Morgan fingerprint density at radius 3 is 2.93 bits per heavy atom. The van der Waals surface area contributed by atoms with Crippen LogP contribution in [0, 0.1) is 0 Å². The highest BCUT2D eigenvalue weighted by atomic mass is 16.5. The van der Waals surface area contributed by atoms with E-state index in [1.807, 2.05) is 6.07 Å². The van der Waals surface area contributed by atoms with Crippen LogP contribution in [0.2, 0.25) is 0 Å². The third kappa shape index (κ3) is 4.16. The molecule has 1 saturated heterocycles. The largest absolute Gasteiger partial charge is 0.486 e. The molecule has 0 N–H and O–H groups in total. The van der Waals surface area contributed by atoms with Crippen molar-refractivity contribution in [1.29, 1.82) is 0 Å². The average molecular weight is 370 g/mol. The van der Waals surface area contributed by atoms with E-state index < -0.39 is 0 Å². The quantitative estimate of drug-likeness (QED) is 0.807. The fraction of sp³-hybridized carbons (Fsp3) is 0.524. The molecule has 2 heterocycles. The number of likely N-dealkylation sites (tertiary alicyclic amines) is 1. The average Bonchev–Trinajstić information content (AvgIpc) is 3.20. The summed E-state index contributed by atoms with van der Waals surface area (Å²) in [5.41, 5.74) is 3.14. The van der Waals surface area contributed by atoms with E-state index in [-0.39, 0.29) is 18.6 Å². The molecule has 1 aliphatic carbocycles. The molecule has 144 valence electrons. The maximum atomic E-state index is 12.6. The topological polar surface area (TPSA) is 64.8 Å². The zero-order valence-electron chi connectivity index (χ0n) is 15.8. The Bertz CT molecular complexity index is 801. The first kappa shape index (κ1) is 18.0. The lowest BCUT2D eigenvalue weighted by Gasteiger charge is -2.31. The SMILES string of the molecule is CO[C@H]1CCCN(C(=O)c2cc(COc3ccc4c(c3)CCCC4)on2)C1. The van der Waals surface area contributed by atoms with E-state index in [0.29, 0.717) is 18.0 Å². The number of ether oxygens (including phenoxy) is 2. The van der Waals surface area contributed by atoms with Crippen molar-refractivity contribution >= 4 is 5.91 Å². The lowest BCUT2D eigenvalue weighted by atomic mass is 9.92. The Balaban J connectivity index is 1.36. The maximum absolute atomic E-state index is 12.6. The van der Waals surface area contributed by atoms with E-state index in [4.69, 9.17) is 14.0 Å². The predicted octanol–water partition coefficient (Wildman–Crippen LogP) is 3.38. The molecule has 1 aromatic heterocycles. The van der Waals surface area contributed by atoms with Gasteiger partial charge in [-0.3, -0.25) is 4.79 Å². The van der Waals surface area contributed by atoms with Gasteiger partial charge in [0.15, 0.2) is 11.5 Å². The van der Waals surface area contributed by atoms with Crippen molar-refractivity contribution in [2.45, 2.75) is 51.2 Å². The van der Waals surface area contributed by atoms with Crippen LogP contribution in [-0.2, 0) is 24.2 Å². The summed E-state index contributed by atoms with van der Waals surface area (Å²) in [6, 6.07) is 7.96. The van der Waals surface area contributed by atoms with E-state index in [1.54, 1.807) is 18.1 Å². The van der Waals surface area contributed by atoms with Gasteiger partial charge in [-0.05, 0) is 61.8 Å². The predicted molar refractivity (Wildman–Crippen MR) is 99.9 cm³/mol. The van der Waals surface area contributed by atoms with Gasteiger partial charge in [-0.15, -0.1) is 0 Å². The number of aryl methyl sites for hydroxylation is 2. The van der Waals surface area contributed by atoms with E-state index in [9.17, 15) is 4.79 Å². The number of fused-ring (bicyclic) bond motifs is 1. The Kier molecular flexibility index (Phi) is 5.43. The molecule has 6 nitrogen and oxygen atoms in total. The van der Waals surface area contributed by atoms with Gasteiger partial charge in [0.25, 0.3) is 5.91 Å². The molecule has 1 aliphatic heterocycles. The number of aromatic nitrogens is 1. The maximum Gasteiger partial charge on any atom is 0.276 e. The highest BCUT2D eigenvalue weighted by Crippen LogP contribution is 2.26. The monoisotopic (exact) mass is 370 g/mol. The third-order valence-electron chi connectivity index (χ3n) is 5.48. The zero-order chi connectivity index (χ0) is 18.6. The highest BCUT2D eigenvalue weighted by molar-refractivity contribution is 5.92. The smallest absolute Gasteiger partial charge is 0.276 e. The van der Waals surface area contributed by atoms with E-state index in [0.717, 1.165) is 38.0 Å². The molecular weight excluding hydrogens is 344 g/mol. The van der Waals surface area contributed by atoms with E-state index in [2.05, 4.69) is 17.3 Å². The van der Waals surface area contributed by atoms with Crippen LogP contribution >= 0.6 is 0 Å². The summed E-state index contributed by atoms with van der Waals surface area (Å²) in [6.07, 6.45) is 6.81. The lowest BCUT2D eigenvalue weighted by molar-refractivity contribution is 0.0263. The van der Waals surface area contributed by atoms with Crippen LogP contribution in [-0.4, -0.2) is 42.3 Å². The molecule has 0 bridgehead atoms. The Morgan fingerprint density at radius 1 is 1.22 bits per heavy atom. The first-order valence-electron chi connectivity index (χ1n) is 9.75. The number of rotatable bonds is 5. The molecule has 2 aliphatic rings. The normalized spacial score (nSPS) is 19.6. The highest BCUT2D eigenvalue weighted by Gasteiger charge is 2.26. The molecule has 0 unspecified atom stereocenters. The van der Waals surface area contributed by atoms with Gasteiger partial charge in [-0.1, -0.05) is 11.2 Å². The van der Waals surface area contributed by atoms with Crippen molar-refractivity contribution in [1.82, 2.24) is 10.1 Å². The second kappa shape index (κ2) is 8.13. The molecule has 0 radical (unpaired) electrons. The molecule has 4 rings (SSSR count). The fourth-order valence-corrected chi connectivity index (χ4v) is 3.91. The number of nitrogens with zero attached hydrogens (tertiary/aromatic N) is 2. The molecule has 1 amide bonds. The van der Waals surface area contributed by atoms with Crippen LogP contribution in [0.3, 0.4) is 0 Å². The van der Waals surface area contributed by atoms with Crippen molar-refractivity contribution in [2.24, 2.45) is 0 Å². The first-order chi connectivity index (χ1) is 13.2. The molecule has 1 fully saturated rings. The van der Waals surface area contributed by atoms with Gasteiger partial charge in [0, 0.05) is 26.3 Å². The van der Waals surface area contributed by atoms with Gasteiger partial charge in [0.05, 0.1) is 6.10 Å². The minimum absolute atomic E-state index is 0.0985.